The van der Waals surface area contributed by atoms with Crippen molar-refractivity contribution >= 4 is 33.2 Å². The Bertz CT molecular complexity index is 866. The molecule has 0 bridgehead atoms. The number of nitrogens with zero attached hydrogens (tertiary/aromatic N) is 2. The van der Waals surface area contributed by atoms with Crippen LogP contribution >= 0.6 is 11.6 Å². The van der Waals surface area contributed by atoms with Crippen molar-refractivity contribution in [2.75, 3.05) is 37.3 Å². The number of rotatable bonds is 3. The first kappa shape index (κ1) is 23.2. The molecule has 0 aliphatic carbocycles. The highest BCUT2D eigenvalue weighted by atomic mass is 35.5. The Morgan fingerprint density at radius 1 is 1.03 bits per heavy atom. The second-order valence-corrected chi connectivity index (χ2v) is 11.9. The van der Waals surface area contributed by atoms with Crippen LogP contribution in [-0.4, -0.2) is 57.4 Å². The number of carbonyl (C=O) groups is 1. The monoisotopic (exact) mass is 456 g/mol. The van der Waals surface area contributed by atoms with Crippen molar-refractivity contribution in [1.82, 2.24) is 4.90 Å². The molecule has 2 saturated heterocycles. The van der Waals surface area contributed by atoms with Crippen molar-refractivity contribution in [2.24, 2.45) is 11.8 Å². The Kier molecular flexibility index (Phi) is 6.92. The summed E-state index contributed by atoms with van der Waals surface area (Å²) in [7, 11) is -3.31. The average Bonchev–Trinajstić information content (AvgIpc) is 2.66. The van der Waals surface area contributed by atoms with E-state index in [4.69, 9.17) is 16.3 Å². The number of sulfone groups is 1. The molecule has 0 radical (unpaired) electrons. The van der Waals surface area contributed by atoms with Crippen LogP contribution in [0.25, 0.3) is 0 Å². The normalized spacial score (nSPS) is 19.8. The Labute approximate surface area is 185 Å². The van der Waals surface area contributed by atoms with Gasteiger partial charge in [-0.3, -0.25) is 0 Å². The molecule has 0 spiro atoms. The minimum absolute atomic E-state index is 0.180. The third-order valence-electron chi connectivity index (χ3n) is 6.08. The molecule has 2 aliphatic rings. The van der Waals surface area contributed by atoms with Gasteiger partial charge in [-0.1, -0.05) is 11.6 Å². The summed E-state index contributed by atoms with van der Waals surface area (Å²) in [6.07, 6.45) is 5.22. The molecule has 2 aliphatic heterocycles. The van der Waals surface area contributed by atoms with Gasteiger partial charge < -0.3 is 14.5 Å². The summed E-state index contributed by atoms with van der Waals surface area (Å²) in [4.78, 5) is 16.6. The lowest BCUT2D eigenvalue weighted by Gasteiger charge is -2.41. The number of amides is 1. The van der Waals surface area contributed by atoms with E-state index >= 15 is 0 Å². The van der Waals surface area contributed by atoms with Gasteiger partial charge in [-0.15, -0.1) is 0 Å². The molecule has 0 aromatic heterocycles. The zero-order valence-corrected chi connectivity index (χ0v) is 19.9. The van der Waals surface area contributed by atoms with E-state index in [0.29, 0.717) is 11.8 Å². The van der Waals surface area contributed by atoms with E-state index in [9.17, 15) is 13.2 Å². The number of anilines is 1. The lowest BCUT2D eigenvalue weighted by Crippen LogP contribution is -2.44. The molecule has 8 heteroatoms. The Morgan fingerprint density at radius 3 is 2.03 bits per heavy atom. The van der Waals surface area contributed by atoms with Gasteiger partial charge in [0.05, 0.1) is 9.92 Å². The van der Waals surface area contributed by atoms with Gasteiger partial charge in [0, 0.05) is 38.1 Å². The third-order valence-corrected chi connectivity index (χ3v) is 7.66. The zero-order chi connectivity index (χ0) is 22.1. The van der Waals surface area contributed by atoms with Gasteiger partial charge >= 0.3 is 6.09 Å². The quantitative estimate of drug-likeness (QED) is 0.664. The van der Waals surface area contributed by atoms with Gasteiger partial charge in [0.25, 0.3) is 0 Å². The topological polar surface area (TPSA) is 66.9 Å². The van der Waals surface area contributed by atoms with E-state index in [0.717, 1.165) is 57.5 Å². The fourth-order valence-electron chi connectivity index (χ4n) is 4.50. The largest absolute Gasteiger partial charge is 0.444 e. The lowest BCUT2D eigenvalue weighted by atomic mass is 9.79. The summed E-state index contributed by atoms with van der Waals surface area (Å²) < 4.78 is 29.0. The van der Waals surface area contributed by atoms with Crippen LogP contribution in [0.5, 0.6) is 0 Å². The molecular weight excluding hydrogens is 424 g/mol. The molecule has 30 heavy (non-hydrogen) atoms. The lowest BCUT2D eigenvalue weighted by molar-refractivity contribution is 0.0152. The maximum atomic E-state index is 12.3. The van der Waals surface area contributed by atoms with E-state index in [-0.39, 0.29) is 16.0 Å². The predicted molar refractivity (Wildman–Crippen MR) is 120 cm³/mol. The summed E-state index contributed by atoms with van der Waals surface area (Å²) in [5, 5.41) is 0.284. The van der Waals surface area contributed by atoms with Crippen molar-refractivity contribution in [3.05, 3.63) is 23.2 Å². The van der Waals surface area contributed by atoms with E-state index in [1.54, 1.807) is 12.1 Å². The Balaban J connectivity index is 1.51. The first-order chi connectivity index (χ1) is 13.9. The number of hydrogen-bond acceptors (Lipinski definition) is 5. The predicted octanol–water partition coefficient (Wildman–Crippen LogP) is 4.61. The minimum atomic E-state index is -3.31. The van der Waals surface area contributed by atoms with Gasteiger partial charge in [0.2, 0.25) is 0 Å². The minimum Gasteiger partial charge on any atom is -0.444 e. The molecule has 168 valence electrons. The van der Waals surface area contributed by atoms with Gasteiger partial charge in [-0.05, 0) is 76.5 Å². The molecule has 2 fully saturated rings. The second kappa shape index (κ2) is 8.95. The molecule has 1 aromatic rings. The molecule has 0 atom stereocenters. The van der Waals surface area contributed by atoms with Gasteiger partial charge in [0.1, 0.15) is 5.60 Å². The molecule has 2 heterocycles. The highest BCUT2D eigenvalue weighted by Gasteiger charge is 2.32. The molecular formula is C22H33ClN2O4S. The number of piperidine rings is 2. The van der Waals surface area contributed by atoms with Crippen molar-refractivity contribution in [3.8, 4) is 0 Å². The van der Waals surface area contributed by atoms with Crippen molar-refractivity contribution < 1.29 is 17.9 Å². The number of carbonyl (C=O) groups excluding carboxylic acids is 1. The molecule has 0 unspecified atom stereocenters. The highest BCUT2D eigenvalue weighted by molar-refractivity contribution is 7.90. The van der Waals surface area contributed by atoms with E-state index in [2.05, 4.69) is 4.90 Å². The summed E-state index contributed by atoms with van der Waals surface area (Å²) in [5.74, 6) is 1.30. The van der Waals surface area contributed by atoms with Gasteiger partial charge in [-0.2, -0.15) is 0 Å². The highest BCUT2D eigenvalue weighted by Crippen LogP contribution is 2.35. The number of likely N-dealkylation sites (tertiary alicyclic amines) is 1. The van der Waals surface area contributed by atoms with Crippen molar-refractivity contribution in [3.63, 3.8) is 0 Å². The fraction of sp³-hybridized carbons (Fsp3) is 0.682. The third kappa shape index (κ3) is 5.82. The molecule has 1 amide bonds. The van der Waals surface area contributed by atoms with Crippen LogP contribution in [-0.2, 0) is 14.6 Å². The summed E-state index contributed by atoms with van der Waals surface area (Å²) in [5.41, 5.74) is 0.522. The summed E-state index contributed by atoms with van der Waals surface area (Å²) in [6, 6.07) is 5.21. The summed E-state index contributed by atoms with van der Waals surface area (Å²) in [6.45, 7) is 9.09. The summed E-state index contributed by atoms with van der Waals surface area (Å²) >= 11 is 6.21. The van der Waals surface area contributed by atoms with E-state index in [1.807, 2.05) is 31.7 Å². The molecule has 6 nitrogen and oxygen atoms in total. The van der Waals surface area contributed by atoms with Gasteiger partial charge in [0.15, 0.2) is 9.84 Å². The number of hydrogen-bond donors (Lipinski definition) is 0. The number of ether oxygens (including phenoxy) is 1. The first-order valence-electron chi connectivity index (χ1n) is 10.7. The number of halogens is 1. The number of benzene rings is 1. The maximum Gasteiger partial charge on any atom is 0.410 e. The average molecular weight is 457 g/mol. The Hall–Kier alpha value is -1.47. The second-order valence-electron chi connectivity index (χ2n) is 9.52. The first-order valence-corrected chi connectivity index (χ1v) is 12.9. The molecule has 0 N–H and O–H groups in total. The van der Waals surface area contributed by atoms with E-state index in [1.165, 1.54) is 6.26 Å². The van der Waals surface area contributed by atoms with Crippen LogP contribution < -0.4 is 4.90 Å². The van der Waals surface area contributed by atoms with Crippen LogP contribution in [0.3, 0.4) is 0 Å². The zero-order valence-electron chi connectivity index (χ0n) is 18.4. The van der Waals surface area contributed by atoms with Crippen molar-refractivity contribution in [1.29, 1.82) is 0 Å². The Morgan fingerprint density at radius 2 is 1.57 bits per heavy atom. The van der Waals surface area contributed by atoms with Gasteiger partial charge in [-0.25, -0.2) is 13.2 Å². The van der Waals surface area contributed by atoms with Crippen LogP contribution in [0.15, 0.2) is 23.1 Å². The van der Waals surface area contributed by atoms with Crippen LogP contribution in [0.1, 0.15) is 46.5 Å². The SMILES string of the molecule is CC(C)(C)OC(=O)N1CCC(C2CCN(c3ccc(S(C)(=O)=O)c(Cl)c3)CC2)CC1. The maximum absolute atomic E-state index is 12.3. The van der Waals surface area contributed by atoms with Crippen LogP contribution in [0.4, 0.5) is 10.5 Å². The molecule has 3 rings (SSSR count). The van der Waals surface area contributed by atoms with Crippen molar-refractivity contribution in [2.45, 2.75) is 57.0 Å². The van der Waals surface area contributed by atoms with Crippen LogP contribution in [0.2, 0.25) is 5.02 Å². The van der Waals surface area contributed by atoms with E-state index < -0.39 is 15.4 Å². The van der Waals surface area contributed by atoms with Crippen LogP contribution in [0, 0.1) is 11.8 Å². The molecule has 1 aromatic carbocycles. The molecule has 0 saturated carbocycles. The smallest absolute Gasteiger partial charge is 0.410 e. The fourth-order valence-corrected chi connectivity index (χ4v) is 5.82. The standard InChI is InChI=1S/C22H33ClN2O4S/c1-22(2,3)29-21(26)25-13-9-17(10-14-25)16-7-11-24(12-8-16)18-5-6-20(19(23)15-18)30(4,27)28/h5-6,15-17H,7-14H2,1-4H3.